The molecule has 0 aromatic rings. The van der Waals surface area contributed by atoms with Gasteiger partial charge in [0, 0.05) is 25.7 Å². The number of hydrogen-bond acceptors (Lipinski definition) is 3. The van der Waals surface area contributed by atoms with Gasteiger partial charge in [-0.3, -0.25) is 4.90 Å². The maximum atomic E-state index is 5.88. The average Bonchev–Trinajstić information content (AvgIpc) is 2.89. The Balaban J connectivity index is 1.58. The van der Waals surface area contributed by atoms with Gasteiger partial charge in [0.05, 0.1) is 6.10 Å². The third kappa shape index (κ3) is 2.38. The van der Waals surface area contributed by atoms with Crippen molar-refractivity contribution < 1.29 is 4.74 Å². The molecular formula is C14H26N2O. The topological polar surface area (TPSA) is 24.5 Å². The quantitative estimate of drug-likeness (QED) is 0.786. The second kappa shape index (κ2) is 4.87. The Hall–Kier alpha value is -0.120. The molecule has 1 N–H and O–H groups in total. The standard InChI is InChI=1S/C14H26N2O/c1-10(2)14-5-13(3-4-17-14)16-8-11-6-15-7-12(11)9-16/h10-15H,3-9H2,1-2H3/t11-,12+,13?,14?. The molecule has 0 aromatic carbocycles. The van der Waals surface area contributed by atoms with Crippen molar-refractivity contribution in [3.63, 3.8) is 0 Å². The molecule has 0 radical (unpaired) electrons. The molecule has 0 spiro atoms. The first-order chi connectivity index (χ1) is 8.24. The molecule has 3 saturated heterocycles. The summed E-state index contributed by atoms with van der Waals surface area (Å²) in [6.07, 6.45) is 2.99. The van der Waals surface area contributed by atoms with Gasteiger partial charge in [0.1, 0.15) is 0 Å². The normalized spacial score (nSPS) is 43.2. The van der Waals surface area contributed by atoms with E-state index < -0.39 is 0 Å². The van der Waals surface area contributed by atoms with E-state index in [1.807, 2.05) is 0 Å². The summed E-state index contributed by atoms with van der Waals surface area (Å²) >= 11 is 0. The molecule has 98 valence electrons. The van der Waals surface area contributed by atoms with Crippen LogP contribution in [0.5, 0.6) is 0 Å². The van der Waals surface area contributed by atoms with Crippen molar-refractivity contribution in [2.24, 2.45) is 17.8 Å². The zero-order valence-corrected chi connectivity index (χ0v) is 11.2. The van der Waals surface area contributed by atoms with Gasteiger partial charge in [-0.25, -0.2) is 0 Å². The van der Waals surface area contributed by atoms with Crippen LogP contribution in [0.15, 0.2) is 0 Å². The van der Waals surface area contributed by atoms with E-state index in [2.05, 4.69) is 24.1 Å². The van der Waals surface area contributed by atoms with E-state index >= 15 is 0 Å². The summed E-state index contributed by atoms with van der Waals surface area (Å²) in [6, 6.07) is 0.793. The number of ether oxygens (including phenoxy) is 1. The van der Waals surface area contributed by atoms with Crippen LogP contribution < -0.4 is 5.32 Å². The van der Waals surface area contributed by atoms with Crippen molar-refractivity contribution in [2.45, 2.75) is 38.8 Å². The SMILES string of the molecule is CC(C)C1CC(N2C[C@H]3CNC[C@H]3C2)CCO1. The molecular weight excluding hydrogens is 212 g/mol. The molecule has 2 unspecified atom stereocenters. The third-order valence-electron chi connectivity index (χ3n) is 4.97. The third-order valence-corrected chi connectivity index (χ3v) is 4.97. The first-order valence-electron chi connectivity index (χ1n) is 7.30. The van der Waals surface area contributed by atoms with Crippen molar-refractivity contribution in [1.29, 1.82) is 0 Å². The van der Waals surface area contributed by atoms with Gasteiger partial charge in [-0.1, -0.05) is 13.8 Å². The van der Waals surface area contributed by atoms with Crippen LogP contribution in [0.4, 0.5) is 0 Å². The van der Waals surface area contributed by atoms with E-state index in [-0.39, 0.29) is 0 Å². The minimum atomic E-state index is 0.493. The van der Waals surface area contributed by atoms with E-state index in [1.54, 1.807) is 0 Å². The van der Waals surface area contributed by atoms with Crippen LogP contribution in [0.1, 0.15) is 26.7 Å². The van der Waals surface area contributed by atoms with Crippen LogP contribution in [0, 0.1) is 17.8 Å². The van der Waals surface area contributed by atoms with Crippen molar-refractivity contribution in [3.05, 3.63) is 0 Å². The number of rotatable bonds is 2. The fourth-order valence-electron chi connectivity index (χ4n) is 3.80. The van der Waals surface area contributed by atoms with Gasteiger partial charge in [0.2, 0.25) is 0 Å². The van der Waals surface area contributed by atoms with Crippen molar-refractivity contribution in [2.75, 3.05) is 32.8 Å². The minimum Gasteiger partial charge on any atom is -0.378 e. The zero-order chi connectivity index (χ0) is 11.8. The first kappa shape index (κ1) is 11.9. The lowest BCUT2D eigenvalue weighted by atomic mass is 9.94. The lowest BCUT2D eigenvalue weighted by Crippen LogP contribution is -2.43. The van der Waals surface area contributed by atoms with Gasteiger partial charge in [0.25, 0.3) is 0 Å². The molecule has 0 aliphatic carbocycles. The van der Waals surface area contributed by atoms with Crippen LogP contribution in [-0.2, 0) is 4.74 Å². The predicted molar refractivity (Wildman–Crippen MR) is 69.0 cm³/mol. The van der Waals surface area contributed by atoms with Crippen LogP contribution in [0.3, 0.4) is 0 Å². The highest BCUT2D eigenvalue weighted by Crippen LogP contribution is 2.32. The number of nitrogens with one attached hydrogen (secondary N) is 1. The maximum Gasteiger partial charge on any atom is 0.0612 e. The highest BCUT2D eigenvalue weighted by molar-refractivity contribution is 4.94. The molecule has 3 rings (SSSR count). The summed E-state index contributed by atoms with van der Waals surface area (Å²) in [6.45, 7) is 10.7. The highest BCUT2D eigenvalue weighted by atomic mass is 16.5. The second-order valence-corrected chi connectivity index (χ2v) is 6.46. The molecule has 4 atom stereocenters. The van der Waals surface area contributed by atoms with Crippen LogP contribution in [0.2, 0.25) is 0 Å². The maximum absolute atomic E-state index is 5.88. The van der Waals surface area contributed by atoms with E-state index in [1.165, 1.54) is 39.0 Å². The predicted octanol–water partition coefficient (Wildman–Crippen LogP) is 1.34. The second-order valence-electron chi connectivity index (χ2n) is 6.46. The van der Waals surface area contributed by atoms with E-state index in [4.69, 9.17) is 4.74 Å². The van der Waals surface area contributed by atoms with Crippen LogP contribution in [0.25, 0.3) is 0 Å². The Morgan fingerprint density at radius 2 is 1.88 bits per heavy atom. The Kier molecular flexibility index (Phi) is 3.42. The van der Waals surface area contributed by atoms with Crippen LogP contribution >= 0.6 is 0 Å². The number of fused-ring (bicyclic) bond motifs is 1. The molecule has 3 heterocycles. The molecule has 0 saturated carbocycles. The molecule has 0 aromatic heterocycles. The van der Waals surface area contributed by atoms with E-state index in [0.717, 1.165) is 24.5 Å². The van der Waals surface area contributed by atoms with Gasteiger partial charge in [-0.15, -0.1) is 0 Å². The molecule has 3 fully saturated rings. The largest absolute Gasteiger partial charge is 0.378 e. The molecule has 3 aliphatic heterocycles. The fourth-order valence-corrected chi connectivity index (χ4v) is 3.80. The zero-order valence-electron chi connectivity index (χ0n) is 11.2. The van der Waals surface area contributed by atoms with Gasteiger partial charge in [-0.05, 0) is 43.7 Å². The molecule has 0 bridgehead atoms. The Morgan fingerprint density at radius 1 is 1.18 bits per heavy atom. The van der Waals surface area contributed by atoms with E-state index in [0.29, 0.717) is 12.0 Å². The van der Waals surface area contributed by atoms with Crippen LogP contribution in [-0.4, -0.2) is 49.8 Å². The summed E-state index contributed by atoms with van der Waals surface area (Å²) in [5.41, 5.74) is 0. The summed E-state index contributed by atoms with van der Waals surface area (Å²) in [7, 11) is 0. The van der Waals surface area contributed by atoms with Gasteiger partial charge >= 0.3 is 0 Å². The molecule has 17 heavy (non-hydrogen) atoms. The van der Waals surface area contributed by atoms with Crippen molar-refractivity contribution in [1.82, 2.24) is 10.2 Å². The number of hydrogen-bond donors (Lipinski definition) is 1. The molecule has 0 amide bonds. The number of likely N-dealkylation sites (tertiary alicyclic amines) is 1. The Morgan fingerprint density at radius 3 is 2.53 bits per heavy atom. The van der Waals surface area contributed by atoms with Gasteiger partial charge in [0.15, 0.2) is 0 Å². The average molecular weight is 238 g/mol. The number of nitrogens with zero attached hydrogens (tertiary/aromatic N) is 1. The summed E-state index contributed by atoms with van der Waals surface area (Å²) in [5.74, 6) is 2.52. The first-order valence-corrected chi connectivity index (χ1v) is 7.30. The Labute approximate surface area is 105 Å². The highest BCUT2D eigenvalue weighted by Gasteiger charge is 2.40. The monoisotopic (exact) mass is 238 g/mol. The lowest BCUT2D eigenvalue weighted by molar-refractivity contribution is -0.0456. The summed E-state index contributed by atoms with van der Waals surface area (Å²) in [5, 5.41) is 3.52. The molecule has 3 aliphatic rings. The smallest absolute Gasteiger partial charge is 0.0612 e. The Bertz CT molecular complexity index is 257. The van der Waals surface area contributed by atoms with Crippen molar-refractivity contribution in [3.8, 4) is 0 Å². The lowest BCUT2D eigenvalue weighted by Gasteiger charge is -2.37. The summed E-state index contributed by atoms with van der Waals surface area (Å²) in [4.78, 5) is 2.76. The molecule has 3 nitrogen and oxygen atoms in total. The van der Waals surface area contributed by atoms with E-state index in [9.17, 15) is 0 Å². The summed E-state index contributed by atoms with van der Waals surface area (Å²) < 4.78 is 5.88. The fraction of sp³-hybridized carbons (Fsp3) is 1.00. The van der Waals surface area contributed by atoms with Gasteiger partial charge in [-0.2, -0.15) is 0 Å². The molecule has 3 heteroatoms. The minimum absolute atomic E-state index is 0.493. The van der Waals surface area contributed by atoms with Crippen molar-refractivity contribution >= 4 is 0 Å². The van der Waals surface area contributed by atoms with Gasteiger partial charge < -0.3 is 10.1 Å².